The number of carbonyl (C=O) groups excluding carboxylic acids is 1. The van der Waals surface area contributed by atoms with E-state index >= 15 is 0 Å². The smallest absolute Gasteiger partial charge is 0.220 e. The van der Waals surface area contributed by atoms with E-state index in [-0.39, 0.29) is 17.9 Å². The lowest BCUT2D eigenvalue weighted by molar-refractivity contribution is -0.122. The number of carbonyl (C=O) groups is 1. The Morgan fingerprint density at radius 3 is 2.75 bits per heavy atom. The molecule has 1 rings (SSSR count). The third kappa shape index (κ3) is 4.94. The molecule has 1 saturated carbocycles. The fourth-order valence-corrected chi connectivity index (χ4v) is 2.10. The molecule has 0 radical (unpaired) electrons. The van der Waals surface area contributed by atoms with E-state index in [0.717, 1.165) is 25.7 Å². The van der Waals surface area contributed by atoms with Gasteiger partial charge in [0.25, 0.3) is 0 Å². The summed E-state index contributed by atoms with van der Waals surface area (Å²) in [5, 5.41) is 21.6. The number of hydrogen-bond acceptors (Lipinski definition) is 3. The summed E-state index contributed by atoms with van der Waals surface area (Å²) in [6.45, 7) is 2.25. The van der Waals surface area contributed by atoms with Crippen molar-refractivity contribution >= 4 is 5.91 Å². The zero-order valence-electron chi connectivity index (χ0n) is 9.98. The zero-order valence-corrected chi connectivity index (χ0v) is 9.98. The van der Waals surface area contributed by atoms with E-state index in [1.165, 1.54) is 0 Å². The highest BCUT2D eigenvalue weighted by Gasteiger charge is 2.23. The minimum atomic E-state index is -0.425. The lowest BCUT2D eigenvalue weighted by atomic mass is 9.86. The maximum Gasteiger partial charge on any atom is 0.220 e. The van der Waals surface area contributed by atoms with Gasteiger partial charge in [0.15, 0.2) is 0 Å². The summed E-state index contributed by atoms with van der Waals surface area (Å²) in [6.07, 6.45) is 4.27. The van der Waals surface area contributed by atoms with Gasteiger partial charge in [-0.3, -0.25) is 4.79 Å². The lowest BCUT2D eigenvalue weighted by Crippen LogP contribution is -2.36. The van der Waals surface area contributed by atoms with Gasteiger partial charge < -0.3 is 15.5 Å². The van der Waals surface area contributed by atoms with Crippen LogP contribution in [0.4, 0.5) is 0 Å². The van der Waals surface area contributed by atoms with Gasteiger partial charge in [0.05, 0.1) is 12.2 Å². The standard InChI is InChI=1S/C12H23NO3/c1-9(14)6-7-12(16)13-8-10-4-2-3-5-11(10)15/h9-11,14-15H,2-8H2,1H3,(H,13,16). The van der Waals surface area contributed by atoms with Crippen LogP contribution in [0.25, 0.3) is 0 Å². The average Bonchev–Trinajstić information content (AvgIpc) is 2.25. The van der Waals surface area contributed by atoms with Crippen molar-refractivity contribution in [1.29, 1.82) is 0 Å². The Morgan fingerprint density at radius 2 is 2.12 bits per heavy atom. The molecule has 3 unspecified atom stereocenters. The second-order valence-corrected chi connectivity index (χ2v) is 4.80. The Balaban J connectivity index is 2.15. The first kappa shape index (κ1) is 13.5. The van der Waals surface area contributed by atoms with E-state index in [9.17, 15) is 9.90 Å². The van der Waals surface area contributed by atoms with Gasteiger partial charge in [-0.05, 0) is 26.2 Å². The van der Waals surface area contributed by atoms with Crippen LogP contribution in [0.15, 0.2) is 0 Å². The number of hydrogen-bond donors (Lipinski definition) is 3. The molecule has 0 heterocycles. The fraction of sp³-hybridized carbons (Fsp3) is 0.917. The molecular formula is C12H23NO3. The van der Waals surface area contributed by atoms with Crippen molar-refractivity contribution in [2.45, 2.75) is 57.7 Å². The minimum absolute atomic E-state index is 0.0290. The van der Waals surface area contributed by atoms with E-state index in [1.807, 2.05) is 0 Å². The van der Waals surface area contributed by atoms with E-state index in [0.29, 0.717) is 19.4 Å². The van der Waals surface area contributed by atoms with Crippen LogP contribution in [0, 0.1) is 5.92 Å². The van der Waals surface area contributed by atoms with Crippen molar-refractivity contribution in [2.24, 2.45) is 5.92 Å². The van der Waals surface area contributed by atoms with E-state index in [1.54, 1.807) is 6.92 Å². The van der Waals surface area contributed by atoms with Gasteiger partial charge in [-0.1, -0.05) is 12.8 Å². The van der Waals surface area contributed by atoms with Gasteiger partial charge in [0.2, 0.25) is 5.91 Å². The number of amides is 1. The number of aliphatic hydroxyl groups is 2. The van der Waals surface area contributed by atoms with Crippen molar-refractivity contribution in [2.75, 3.05) is 6.54 Å². The second kappa shape index (κ2) is 6.86. The van der Waals surface area contributed by atoms with Crippen LogP contribution in [0.3, 0.4) is 0 Å². The van der Waals surface area contributed by atoms with Gasteiger partial charge >= 0.3 is 0 Å². The summed E-state index contributed by atoms with van der Waals surface area (Å²) in [4.78, 5) is 11.4. The number of rotatable bonds is 5. The Bertz CT molecular complexity index is 218. The van der Waals surface area contributed by atoms with Crippen molar-refractivity contribution in [3.05, 3.63) is 0 Å². The average molecular weight is 229 g/mol. The molecule has 4 heteroatoms. The summed E-state index contributed by atoms with van der Waals surface area (Å²) >= 11 is 0. The van der Waals surface area contributed by atoms with E-state index in [2.05, 4.69) is 5.32 Å². The van der Waals surface area contributed by atoms with Crippen LogP contribution in [-0.2, 0) is 4.79 Å². The normalized spacial score (nSPS) is 27.4. The fourth-order valence-electron chi connectivity index (χ4n) is 2.10. The molecule has 1 aliphatic rings. The molecule has 0 spiro atoms. The largest absolute Gasteiger partial charge is 0.393 e. The van der Waals surface area contributed by atoms with Crippen LogP contribution in [0.1, 0.15) is 45.4 Å². The maximum absolute atomic E-state index is 11.4. The highest BCUT2D eigenvalue weighted by atomic mass is 16.3. The predicted molar refractivity (Wildman–Crippen MR) is 61.9 cm³/mol. The van der Waals surface area contributed by atoms with E-state index < -0.39 is 6.10 Å². The van der Waals surface area contributed by atoms with Gasteiger partial charge in [-0.25, -0.2) is 0 Å². The predicted octanol–water partition coefficient (Wildman–Crippen LogP) is 0.815. The second-order valence-electron chi connectivity index (χ2n) is 4.80. The van der Waals surface area contributed by atoms with Gasteiger partial charge in [-0.2, -0.15) is 0 Å². The van der Waals surface area contributed by atoms with Crippen LogP contribution in [-0.4, -0.2) is 34.9 Å². The number of aliphatic hydroxyl groups excluding tert-OH is 2. The first-order chi connectivity index (χ1) is 7.59. The Hall–Kier alpha value is -0.610. The Kier molecular flexibility index (Phi) is 5.77. The zero-order chi connectivity index (χ0) is 12.0. The molecule has 94 valence electrons. The monoisotopic (exact) mass is 229 g/mol. The Labute approximate surface area is 97.0 Å². The first-order valence-electron chi connectivity index (χ1n) is 6.22. The molecule has 16 heavy (non-hydrogen) atoms. The molecule has 4 nitrogen and oxygen atoms in total. The van der Waals surface area contributed by atoms with Gasteiger partial charge in [-0.15, -0.1) is 0 Å². The summed E-state index contributed by atoms with van der Waals surface area (Å²) in [5.41, 5.74) is 0. The lowest BCUT2D eigenvalue weighted by Gasteiger charge is -2.27. The molecule has 0 aromatic rings. The quantitative estimate of drug-likeness (QED) is 0.653. The maximum atomic E-state index is 11.4. The van der Waals surface area contributed by atoms with Crippen molar-refractivity contribution in [3.63, 3.8) is 0 Å². The van der Waals surface area contributed by atoms with Crippen LogP contribution >= 0.6 is 0 Å². The highest BCUT2D eigenvalue weighted by Crippen LogP contribution is 2.23. The topological polar surface area (TPSA) is 69.6 Å². The van der Waals surface area contributed by atoms with Crippen molar-refractivity contribution in [3.8, 4) is 0 Å². The molecule has 1 amide bonds. The third-order valence-electron chi connectivity index (χ3n) is 3.22. The van der Waals surface area contributed by atoms with Crippen LogP contribution < -0.4 is 5.32 Å². The van der Waals surface area contributed by atoms with E-state index in [4.69, 9.17) is 5.11 Å². The molecule has 1 aliphatic carbocycles. The number of nitrogens with one attached hydrogen (secondary N) is 1. The first-order valence-corrected chi connectivity index (χ1v) is 6.22. The molecule has 0 saturated heterocycles. The van der Waals surface area contributed by atoms with Crippen molar-refractivity contribution in [1.82, 2.24) is 5.32 Å². The third-order valence-corrected chi connectivity index (χ3v) is 3.22. The van der Waals surface area contributed by atoms with Gasteiger partial charge in [0.1, 0.15) is 0 Å². The van der Waals surface area contributed by atoms with Crippen LogP contribution in [0.5, 0.6) is 0 Å². The molecule has 0 aliphatic heterocycles. The highest BCUT2D eigenvalue weighted by molar-refractivity contribution is 5.75. The molecule has 0 aromatic carbocycles. The minimum Gasteiger partial charge on any atom is -0.393 e. The summed E-state index contributed by atoms with van der Waals surface area (Å²) < 4.78 is 0. The molecule has 3 atom stereocenters. The molecule has 1 fully saturated rings. The Morgan fingerprint density at radius 1 is 1.44 bits per heavy atom. The summed E-state index contributed by atoms with van der Waals surface area (Å²) in [5.74, 6) is 0.183. The van der Waals surface area contributed by atoms with Crippen LogP contribution in [0.2, 0.25) is 0 Å². The summed E-state index contributed by atoms with van der Waals surface area (Å²) in [7, 11) is 0. The SMILES string of the molecule is CC(O)CCC(=O)NCC1CCCCC1O. The molecule has 3 N–H and O–H groups in total. The molecule has 0 bridgehead atoms. The molecule has 0 aromatic heterocycles. The summed E-state index contributed by atoms with van der Waals surface area (Å²) in [6, 6.07) is 0. The molecular weight excluding hydrogens is 206 g/mol. The van der Waals surface area contributed by atoms with Crippen molar-refractivity contribution < 1.29 is 15.0 Å². The van der Waals surface area contributed by atoms with Gasteiger partial charge in [0, 0.05) is 18.9 Å².